The average molecular weight is 325 g/mol. The molecule has 0 aromatic rings. The molecule has 0 aromatic heterocycles. The number of carbonyl (C=O) groups is 1. The largest absolute Gasteiger partial charge is 0.386 e. The van der Waals surface area contributed by atoms with Crippen LogP contribution in [0.5, 0.6) is 0 Å². The monoisotopic (exact) mass is 325 g/mol. The van der Waals surface area contributed by atoms with Crippen LogP contribution in [0.1, 0.15) is 84.0 Å². The van der Waals surface area contributed by atoms with Crippen molar-refractivity contribution in [2.75, 3.05) is 0 Å². The fourth-order valence-electron chi connectivity index (χ4n) is 2.38. The van der Waals surface area contributed by atoms with E-state index in [9.17, 15) is 20.0 Å². The molecular weight excluding hydrogens is 294 g/mol. The van der Waals surface area contributed by atoms with Crippen molar-refractivity contribution in [1.82, 2.24) is 0 Å². The summed E-state index contributed by atoms with van der Waals surface area (Å²) in [4.78, 5) is 20.8. The van der Waals surface area contributed by atoms with Gasteiger partial charge in [-0.05, 0) is 19.3 Å². The maximum atomic E-state index is 11.1. The molecule has 0 aliphatic heterocycles. The zero-order chi connectivity index (χ0) is 17.3. The van der Waals surface area contributed by atoms with Crippen molar-refractivity contribution in [1.29, 1.82) is 0 Å². The lowest BCUT2D eigenvalue weighted by molar-refractivity contribution is -0.533. The highest BCUT2D eigenvalue weighted by Gasteiger charge is 2.28. The van der Waals surface area contributed by atoms with Crippen LogP contribution >= 0.6 is 0 Å². The number of nitro groups is 1. The summed E-state index contributed by atoms with van der Waals surface area (Å²) in [5.41, 5.74) is 0. The molecule has 0 saturated carbocycles. The number of aliphatic hydroxyl groups is 1. The Balaban J connectivity index is 3.94. The topological polar surface area (TPSA) is 80.4 Å². The molecule has 1 N–H and O–H groups in total. The van der Waals surface area contributed by atoms with Crippen LogP contribution in [0.15, 0.2) is 0 Å². The van der Waals surface area contributed by atoms with Gasteiger partial charge in [0.15, 0.2) is 0 Å². The van der Waals surface area contributed by atoms with Gasteiger partial charge in [0, 0.05) is 17.8 Å². The Morgan fingerprint density at radius 3 is 2.43 bits per heavy atom. The summed E-state index contributed by atoms with van der Waals surface area (Å²) in [6.45, 7) is 2.12. The third-order valence-electron chi connectivity index (χ3n) is 3.88. The highest BCUT2D eigenvalue weighted by molar-refractivity contribution is 5.48. The van der Waals surface area contributed by atoms with Crippen LogP contribution in [0.3, 0.4) is 0 Å². The third kappa shape index (κ3) is 12.8. The Kier molecular flexibility index (Phi) is 14.5. The van der Waals surface area contributed by atoms with Gasteiger partial charge in [-0.1, -0.05) is 51.4 Å². The van der Waals surface area contributed by atoms with Gasteiger partial charge in [0.2, 0.25) is 6.04 Å². The van der Waals surface area contributed by atoms with Gasteiger partial charge in [-0.15, -0.1) is 5.92 Å². The lowest BCUT2D eigenvalue weighted by Crippen LogP contribution is -2.33. The Morgan fingerprint density at radius 1 is 1.09 bits per heavy atom. The zero-order valence-electron chi connectivity index (χ0n) is 14.3. The van der Waals surface area contributed by atoms with E-state index in [0.717, 1.165) is 64.1 Å². The maximum Gasteiger partial charge on any atom is 0.249 e. The first-order valence-corrected chi connectivity index (χ1v) is 8.84. The molecule has 0 aliphatic rings. The van der Waals surface area contributed by atoms with E-state index in [0.29, 0.717) is 12.8 Å². The second-order valence-corrected chi connectivity index (χ2v) is 5.95. The maximum absolute atomic E-state index is 11.1. The van der Waals surface area contributed by atoms with Crippen molar-refractivity contribution in [3.05, 3.63) is 10.1 Å². The molecule has 0 saturated heterocycles. The van der Waals surface area contributed by atoms with Crippen molar-refractivity contribution < 1.29 is 14.8 Å². The van der Waals surface area contributed by atoms with Crippen LogP contribution in [-0.2, 0) is 4.79 Å². The van der Waals surface area contributed by atoms with E-state index in [2.05, 4.69) is 18.8 Å². The van der Waals surface area contributed by atoms with Crippen LogP contribution in [0.25, 0.3) is 0 Å². The second-order valence-electron chi connectivity index (χ2n) is 5.95. The number of unbranched alkanes of at least 4 members (excludes halogenated alkanes) is 8. The number of rotatable bonds is 14. The molecule has 0 amide bonds. The van der Waals surface area contributed by atoms with E-state index in [1.54, 1.807) is 0 Å². The van der Waals surface area contributed by atoms with Gasteiger partial charge < -0.3 is 9.90 Å². The van der Waals surface area contributed by atoms with E-state index in [1.165, 1.54) is 0 Å². The molecule has 2 atom stereocenters. The van der Waals surface area contributed by atoms with Crippen LogP contribution < -0.4 is 0 Å². The number of hydrogen-bond donors (Lipinski definition) is 1. The summed E-state index contributed by atoms with van der Waals surface area (Å²) in [5, 5.41) is 21.1. The number of nitrogens with zero attached hydrogens (tertiary/aromatic N) is 1. The zero-order valence-corrected chi connectivity index (χ0v) is 14.3. The summed E-state index contributed by atoms with van der Waals surface area (Å²) >= 11 is 0. The van der Waals surface area contributed by atoms with Crippen LogP contribution in [0, 0.1) is 22.0 Å². The van der Waals surface area contributed by atoms with Gasteiger partial charge in [-0.2, -0.15) is 0 Å². The van der Waals surface area contributed by atoms with Crippen LogP contribution in [0.2, 0.25) is 0 Å². The summed E-state index contributed by atoms with van der Waals surface area (Å²) in [5.74, 6) is 5.81. The normalized spacial score (nSPS) is 13.0. The standard InChI is InChI=1S/C18H31NO4/c1-2-3-4-5-8-11-14-17(19(22)23)18(21)15-12-9-6-7-10-13-16-20/h16-18,21H,2-7,9-10,12-15H2,1H3. The number of aldehydes is 1. The minimum absolute atomic E-state index is 0.125. The van der Waals surface area contributed by atoms with E-state index in [-0.39, 0.29) is 6.42 Å². The van der Waals surface area contributed by atoms with E-state index < -0.39 is 17.1 Å². The number of carbonyl (C=O) groups excluding carboxylic acids is 1. The van der Waals surface area contributed by atoms with E-state index in [4.69, 9.17) is 0 Å². The molecule has 0 aromatic carbocycles. The first kappa shape index (κ1) is 21.6. The molecule has 5 heteroatoms. The van der Waals surface area contributed by atoms with Gasteiger partial charge in [-0.3, -0.25) is 10.1 Å². The SMILES string of the molecule is CCCCCC#CCC(C(O)CCCCCCCC=O)[N+](=O)[O-]. The molecule has 0 rings (SSSR count). The van der Waals surface area contributed by atoms with Crippen molar-refractivity contribution in [3.8, 4) is 11.8 Å². The molecule has 5 nitrogen and oxygen atoms in total. The Morgan fingerprint density at radius 2 is 1.78 bits per heavy atom. The molecule has 0 radical (unpaired) electrons. The molecule has 0 bridgehead atoms. The van der Waals surface area contributed by atoms with E-state index >= 15 is 0 Å². The van der Waals surface area contributed by atoms with Crippen LogP contribution in [-0.4, -0.2) is 28.5 Å². The summed E-state index contributed by atoms with van der Waals surface area (Å²) in [7, 11) is 0. The third-order valence-corrected chi connectivity index (χ3v) is 3.88. The van der Waals surface area contributed by atoms with Crippen molar-refractivity contribution >= 4 is 6.29 Å². The van der Waals surface area contributed by atoms with Crippen molar-refractivity contribution in [2.45, 2.75) is 96.1 Å². The molecular formula is C18H31NO4. The molecule has 0 spiro atoms. The Bertz CT molecular complexity index is 373. The first-order chi connectivity index (χ1) is 11.1. The van der Waals surface area contributed by atoms with Crippen molar-refractivity contribution in [2.24, 2.45) is 0 Å². The highest BCUT2D eigenvalue weighted by Crippen LogP contribution is 2.13. The molecule has 0 fully saturated rings. The lowest BCUT2D eigenvalue weighted by Gasteiger charge is -2.13. The predicted octanol–water partition coefficient (Wildman–Crippen LogP) is 3.90. The summed E-state index contributed by atoms with van der Waals surface area (Å²) in [6, 6.07) is -0.983. The van der Waals surface area contributed by atoms with Gasteiger partial charge in [0.1, 0.15) is 12.4 Å². The minimum Gasteiger partial charge on any atom is -0.386 e. The van der Waals surface area contributed by atoms with Crippen molar-refractivity contribution in [3.63, 3.8) is 0 Å². The highest BCUT2D eigenvalue weighted by atomic mass is 16.6. The minimum atomic E-state index is -0.983. The first-order valence-electron chi connectivity index (χ1n) is 8.84. The van der Waals surface area contributed by atoms with E-state index in [1.807, 2.05) is 0 Å². The fourth-order valence-corrected chi connectivity index (χ4v) is 2.38. The Labute approximate surface area is 140 Å². The quantitative estimate of drug-likeness (QED) is 0.173. The fraction of sp³-hybridized carbons (Fsp3) is 0.833. The molecule has 132 valence electrons. The predicted molar refractivity (Wildman–Crippen MR) is 91.7 cm³/mol. The molecule has 0 heterocycles. The summed E-state index contributed by atoms with van der Waals surface area (Å²) < 4.78 is 0. The van der Waals surface area contributed by atoms with Gasteiger partial charge >= 0.3 is 0 Å². The molecule has 0 aliphatic carbocycles. The van der Waals surface area contributed by atoms with Gasteiger partial charge in [0.25, 0.3) is 0 Å². The van der Waals surface area contributed by atoms with Gasteiger partial charge in [-0.25, -0.2) is 0 Å². The smallest absolute Gasteiger partial charge is 0.249 e. The number of aliphatic hydroxyl groups excluding tert-OH is 1. The van der Waals surface area contributed by atoms with Gasteiger partial charge in [0.05, 0.1) is 6.42 Å². The molecule has 2 unspecified atom stereocenters. The Hall–Kier alpha value is -1.41. The van der Waals surface area contributed by atoms with Crippen LogP contribution in [0.4, 0.5) is 0 Å². The number of hydrogen-bond acceptors (Lipinski definition) is 4. The second kappa shape index (κ2) is 15.5. The summed E-state index contributed by atoms with van der Waals surface area (Å²) in [6.07, 6.45) is 9.83. The lowest BCUT2D eigenvalue weighted by atomic mass is 10.0. The molecule has 23 heavy (non-hydrogen) atoms. The average Bonchev–Trinajstić information content (AvgIpc) is 2.52.